The van der Waals surface area contributed by atoms with Gasteiger partial charge in [-0.3, -0.25) is 0 Å². The zero-order valence-electron chi connectivity index (χ0n) is 11.6. The lowest BCUT2D eigenvalue weighted by Crippen LogP contribution is -2.10. The molecular formula is C15H21N3. The minimum absolute atomic E-state index is 0.199. The normalized spacial score (nSPS) is 11.8. The quantitative estimate of drug-likeness (QED) is 0.898. The summed E-state index contributed by atoms with van der Waals surface area (Å²) >= 11 is 0. The molecule has 3 nitrogen and oxygen atoms in total. The molecule has 1 aromatic heterocycles. The smallest absolute Gasteiger partial charge is 0.0995 e. The maximum atomic E-state index is 4.35. The monoisotopic (exact) mass is 243 g/mol. The third-order valence-corrected chi connectivity index (χ3v) is 3.03. The largest absolute Gasteiger partial charge is 0.314 e. The number of imidazole rings is 1. The van der Waals surface area contributed by atoms with Gasteiger partial charge in [-0.25, -0.2) is 4.98 Å². The van der Waals surface area contributed by atoms with E-state index in [1.807, 2.05) is 13.4 Å². The summed E-state index contributed by atoms with van der Waals surface area (Å²) in [4.78, 5) is 4.35. The molecule has 1 aromatic carbocycles. The summed E-state index contributed by atoms with van der Waals surface area (Å²) < 4.78 is 2.05. The number of nitrogens with zero attached hydrogens (tertiary/aromatic N) is 2. The zero-order chi connectivity index (χ0) is 13.2. The summed E-state index contributed by atoms with van der Waals surface area (Å²) in [6.45, 7) is 7.48. The van der Waals surface area contributed by atoms with Crippen LogP contribution in [0.15, 0.2) is 36.8 Å². The highest BCUT2D eigenvalue weighted by Crippen LogP contribution is 2.23. The van der Waals surface area contributed by atoms with Crippen LogP contribution in [0, 0.1) is 0 Å². The number of nitrogens with one attached hydrogen (secondary N) is 1. The molecule has 1 heterocycles. The molecule has 0 saturated heterocycles. The maximum absolute atomic E-state index is 4.35. The lowest BCUT2D eigenvalue weighted by Gasteiger charge is -2.19. The fourth-order valence-corrected chi connectivity index (χ4v) is 1.91. The van der Waals surface area contributed by atoms with Crippen molar-refractivity contribution in [3.05, 3.63) is 48.0 Å². The summed E-state index contributed by atoms with van der Waals surface area (Å²) in [6.07, 6.45) is 3.92. The van der Waals surface area contributed by atoms with Crippen LogP contribution in [0.25, 0.3) is 5.69 Å². The van der Waals surface area contributed by atoms with E-state index in [0.29, 0.717) is 0 Å². The van der Waals surface area contributed by atoms with Crippen molar-refractivity contribution >= 4 is 0 Å². The van der Waals surface area contributed by atoms with Crippen LogP contribution >= 0.6 is 0 Å². The Balaban J connectivity index is 2.23. The van der Waals surface area contributed by atoms with Crippen molar-refractivity contribution in [3.63, 3.8) is 0 Å². The molecule has 0 aliphatic rings. The van der Waals surface area contributed by atoms with Gasteiger partial charge >= 0.3 is 0 Å². The first kappa shape index (κ1) is 12.8. The number of hydrogen-bond acceptors (Lipinski definition) is 2. The van der Waals surface area contributed by atoms with E-state index in [-0.39, 0.29) is 5.41 Å². The highest BCUT2D eigenvalue weighted by molar-refractivity contribution is 5.37. The lowest BCUT2D eigenvalue weighted by molar-refractivity contribution is 0.590. The molecule has 0 saturated carbocycles. The van der Waals surface area contributed by atoms with Crippen molar-refractivity contribution in [3.8, 4) is 5.69 Å². The van der Waals surface area contributed by atoms with Gasteiger partial charge in [0.15, 0.2) is 0 Å². The van der Waals surface area contributed by atoms with Gasteiger partial charge in [0.25, 0.3) is 0 Å². The molecule has 0 amide bonds. The van der Waals surface area contributed by atoms with Crippen LogP contribution in [0.2, 0.25) is 0 Å². The molecule has 2 aromatic rings. The van der Waals surface area contributed by atoms with Gasteiger partial charge in [0, 0.05) is 18.4 Å². The molecule has 0 atom stereocenters. The van der Waals surface area contributed by atoms with Crippen molar-refractivity contribution in [1.82, 2.24) is 14.9 Å². The maximum Gasteiger partial charge on any atom is 0.0995 e. The average molecular weight is 243 g/mol. The first-order chi connectivity index (χ1) is 8.50. The van der Waals surface area contributed by atoms with Crippen LogP contribution in [-0.2, 0) is 12.0 Å². The second kappa shape index (κ2) is 4.94. The number of hydrogen-bond donors (Lipinski definition) is 1. The van der Waals surface area contributed by atoms with Crippen molar-refractivity contribution < 1.29 is 0 Å². The standard InChI is InChI=1S/C15H21N3/c1-15(2,3)12-5-7-14(8-6-12)18-10-13(9-16-4)17-11-18/h5-8,10-11,16H,9H2,1-4H3. The van der Waals surface area contributed by atoms with Gasteiger partial charge in [-0.15, -0.1) is 0 Å². The van der Waals surface area contributed by atoms with Gasteiger partial charge in [0.1, 0.15) is 0 Å². The molecule has 2 rings (SSSR count). The van der Waals surface area contributed by atoms with Crippen molar-refractivity contribution in [2.24, 2.45) is 0 Å². The summed E-state index contributed by atoms with van der Waals surface area (Å²) in [5.74, 6) is 0. The third-order valence-electron chi connectivity index (χ3n) is 3.03. The van der Waals surface area contributed by atoms with Crippen molar-refractivity contribution in [2.75, 3.05) is 7.05 Å². The molecule has 0 unspecified atom stereocenters. The van der Waals surface area contributed by atoms with E-state index in [0.717, 1.165) is 17.9 Å². The Morgan fingerprint density at radius 3 is 2.39 bits per heavy atom. The summed E-state index contributed by atoms with van der Waals surface area (Å²) in [5.41, 5.74) is 3.75. The number of aromatic nitrogens is 2. The van der Waals surface area contributed by atoms with E-state index in [1.54, 1.807) is 0 Å². The molecule has 0 spiro atoms. The van der Waals surface area contributed by atoms with Gasteiger partial charge < -0.3 is 9.88 Å². The van der Waals surface area contributed by atoms with E-state index in [4.69, 9.17) is 0 Å². The van der Waals surface area contributed by atoms with Gasteiger partial charge in [0.2, 0.25) is 0 Å². The summed E-state index contributed by atoms with van der Waals surface area (Å²) in [6, 6.07) is 8.66. The minimum Gasteiger partial charge on any atom is -0.314 e. The molecule has 0 bridgehead atoms. The zero-order valence-corrected chi connectivity index (χ0v) is 11.6. The van der Waals surface area contributed by atoms with Gasteiger partial charge in [0.05, 0.1) is 12.0 Å². The first-order valence-electron chi connectivity index (χ1n) is 6.29. The molecule has 3 heteroatoms. The number of benzene rings is 1. The van der Waals surface area contributed by atoms with Crippen LogP contribution in [0.1, 0.15) is 32.0 Å². The lowest BCUT2D eigenvalue weighted by atomic mass is 9.87. The SMILES string of the molecule is CNCc1cn(-c2ccc(C(C)(C)C)cc2)cn1. The first-order valence-corrected chi connectivity index (χ1v) is 6.29. The van der Waals surface area contributed by atoms with E-state index < -0.39 is 0 Å². The Labute approximate surface area is 109 Å². The van der Waals surface area contributed by atoms with Crippen molar-refractivity contribution in [1.29, 1.82) is 0 Å². The van der Waals surface area contributed by atoms with E-state index in [2.05, 4.69) is 66.1 Å². The topological polar surface area (TPSA) is 29.9 Å². The predicted molar refractivity (Wildman–Crippen MR) is 75.0 cm³/mol. The fraction of sp³-hybridized carbons (Fsp3) is 0.400. The van der Waals surface area contributed by atoms with Gasteiger partial charge in [-0.2, -0.15) is 0 Å². The highest BCUT2D eigenvalue weighted by atomic mass is 15.0. The summed E-state index contributed by atoms with van der Waals surface area (Å²) in [7, 11) is 1.93. The van der Waals surface area contributed by atoms with Gasteiger partial charge in [-0.1, -0.05) is 32.9 Å². The second-order valence-electron chi connectivity index (χ2n) is 5.60. The molecule has 0 aliphatic carbocycles. The molecule has 0 fully saturated rings. The highest BCUT2D eigenvalue weighted by Gasteiger charge is 2.13. The van der Waals surface area contributed by atoms with Crippen LogP contribution in [0.3, 0.4) is 0 Å². The Morgan fingerprint density at radius 1 is 1.17 bits per heavy atom. The van der Waals surface area contributed by atoms with Crippen LogP contribution in [0.5, 0.6) is 0 Å². The molecule has 0 aliphatic heterocycles. The second-order valence-corrected chi connectivity index (χ2v) is 5.60. The Morgan fingerprint density at radius 2 is 1.83 bits per heavy atom. The minimum atomic E-state index is 0.199. The molecule has 0 radical (unpaired) electrons. The fourth-order valence-electron chi connectivity index (χ4n) is 1.91. The Bertz CT molecular complexity index is 503. The van der Waals surface area contributed by atoms with E-state index in [1.165, 1.54) is 5.56 Å². The summed E-state index contributed by atoms with van der Waals surface area (Å²) in [5, 5.41) is 3.10. The van der Waals surface area contributed by atoms with Gasteiger partial charge in [-0.05, 0) is 30.2 Å². The van der Waals surface area contributed by atoms with Crippen LogP contribution in [-0.4, -0.2) is 16.6 Å². The molecular weight excluding hydrogens is 222 g/mol. The molecule has 96 valence electrons. The Kier molecular flexibility index (Phi) is 3.53. The molecule has 1 N–H and O–H groups in total. The van der Waals surface area contributed by atoms with Crippen LogP contribution in [0.4, 0.5) is 0 Å². The van der Waals surface area contributed by atoms with E-state index >= 15 is 0 Å². The third kappa shape index (κ3) is 2.79. The Hall–Kier alpha value is -1.61. The number of rotatable bonds is 3. The van der Waals surface area contributed by atoms with Crippen molar-refractivity contribution in [2.45, 2.75) is 32.7 Å². The van der Waals surface area contributed by atoms with E-state index in [9.17, 15) is 0 Å². The van der Waals surface area contributed by atoms with Crippen LogP contribution < -0.4 is 5.32 Å². The average Bonchev–Trinajstić information content (AvgIpc) is 2.77. The predicted octanol–water partition coefficient (Wildman–Crippen LogP) is 2.89. The molecule has 18 heavy (non-hydrogen) atoms.